The largest absolute Gasteiger partial charge is 0.504 e. The van der Waals surface area contributed by atoms with Crippen LogP contribution >= 0.6 is 23.2 Å². The van der Waals surface area contributed by atoms with E-state index in [0.29, 0.717) is 40.3 Å². The Kier molecular flexibility index (Phi) is 7.31. The lowest BCUT2D eigenvalue weighted by molar-refractivity contribution is 0.174. The molecule has 34 heavy (non-hydrogen) atoms. The first-order valence-electron chi connectivity index (χ1n) is 10.9. The minimum atomic E-state index is -0.134. The molecule has 0 fully saturated rings. The predicted octanol–water partition coefficient (Wildman–Crippen LogP) is 5.77. The molecule has 8 heteroatoms. The maximum Gasteiger partial charge on any atom is 0.203 e. The van der Waals surface area contributed by atoms with Crippen molar-refractivity contribution in [2.24, 2.45) is 0 Å². The fraction of sp³-hybridized carbons (Fsp3) is 0.308. The number of phenolic OH excluding ortho intramolecular Hbond substituents is 2. The zero-order valence-electron chi connectivity index (χ0n) is 19.3. The monoisotopic (exact) mass is 503 g/mol. The first-order valence-corrected chi connectivity index (χ1v) is 11.6. The van der Waals surface area contributed by atoms with Crippen LogP contribution in [0.15, 0.2) is 42.5 Å². The minimum Gasteiger partial charge on any atom is -0.504 e. The van der Waals surface area contributed by atoms with Gasteiger partial charge in [0.1, 0.15) is 0 Å². The zero-order valence-corrected chi connectivity index (χ0v) is 20.8. The van der Waals surface area contributed by atoms with E-state index in [2.05, 4.69) is 4.90 Å². The van der Waals surface area contributed by atoms with Gasteiger partial charge in [0.2, 0.25) is 5.75 Å². The number of benzene rings is 3. The van der Waals surface area contributed by atoms with Crippen molar-refractivity contribution in [2.75, 3.05) is 27.9 Å². The highest BCUT2D eigenvalue weighted by atomic mass is 35.5. The van der Waals surface area contributed by atoms with Crippen molar-refractivity contribution in [2.45, 2.75) is 25.4 Å². The number of phenols is 2. The van der Waals surface area contributed by atoms with E-state index in [0.717, 1.165) is 35.2 Å². The topological polar surface area (TPSA) is 71.4 Å². The lowest BCUT2D eigenvalue weighted by Gasteiger charge is -2.38. The van der Waals surface area contributed by atoms with E-state index in [4.69, 9.17) is 37.4 Å². The van der Waals surface area contributed by atoms with Gasteiger partial charge in [-0.05, 0) is 71.5 Å². The molecule has 0 radical (unpaired) electrons. The molecule has 3 aromatic carbocycles. The summed E-state index contributed by atoms with van der Waals surface area (Å²) >= 11 is 12.4. The Morgan fingerprint density at radius 1 is 0.853 bits per heavy atom. The van der Waals surface area contributed by atoms with Gasteiger partial charge < -0.3 is 24.4 Å². The summed E-state index contributed by atoms with van der Waals surface area (Å²) in [6, 6.07) is 12.8. The first kappa shape index (κ1) is 24.3. The number of ether oxygens (including phenoxy) is 3. The molecule has 0 spiro atoms. The molecule has 0 bridgehead atoms. The van der Waals surface area contributed by atoms with Crippen LogP contribution in [0.25, 0.3) is 0 Å². The van der Waals surface area contributed by atoms with Crippen molar-refractivity contribution in [1.29, 1.82) is 0 Å². The average Bonchev–Trinajstić information content (AvgIpc) is 2.83. The van der Waals surface area contributed by atoms with Crippen LogP contribution in [0.1, 0.15) is 28.3 Å². The quantitative estimate of drug-likeness (QED) is 0.398. The molecule has 0 saturated carbocycles. The standard InChI is InChI=1S/C26H27Cl2NO5/c1-32-24-10-16(11-25(33-2)26(24)34-3)9-21-18-13-23(31)22(30)12-17(18)6-7-29(21)14-15-4-5-19(27)20(28)8-15/h4-5,8,10-13,21,30-31H,6-7,9,14H2,1-3H3/t21-/m0/s1. The molecule has 0 aromatic heterocycles. The van der Waals surface area contributed by atoms with Gasteiger partial charge in [-0.25, -0.2) is 0 Å². The van der Waals surface area contributed by atoms with E-state index in [1.165, 1.54) is 0 Å². The lowest BCUT2D eigenvalue weighted by atomic mass is 9.87. The molecule has 1 atom stereocenters. The third-order valence-electron chi connectivity index (χ3n) is 6.23. The Morgan fingerprint density at radius 2 is 1.53 bits per heavy atom. The normalized spacial score (nSPS) is 15.6. The Bertz CT molecular complexity index is 1180. The lowest BCUT2D eigenvalue weighted by Crippen LogP contribution is -2.36. The van der Waals surface area contributed by atoms with Crippen molar-refractivity contribution in [1.82, 2.24) is 4.90 Å². The maximum atomic E-state index is 10.3. The molecule has 1 aliphatic rings. The summed E-state index contributed by atoms with van der Waals surface area (Å²) in [6.45, 7) is 1.42. The summed E-state index contributed by atoms with van der Waals surface area (Å²) in [4.78, 5) is 2.33. The molecule has 180 valence electrons. The predicted molar refractivity (Wildman–Crippen MR) is 133 cm³/mol. The Balaban J connectivity index is 1.75. The summed E-state index contributed by atoms with van der Waals surface area (Å²) in [5.74, 6) is 1.45. The summed E-state index contributed by atoms with van der Waals surface area (Å²) < 4.78 is 16.5. The number of hydrogen-bond acceptors (Lipinski definition) is 6. The van der Waals surface area contributed by atoms with Crippen LogP contribution in [0.3, 0.4) is 0 Å². The highest BCUT2D eigenvalue weighted by Crippen LogP contribution is 2.43. The van der Waals surface area contributed by atoms with Gasteiger partial charge in [0.15, 0.2) is 23.0 Å². The van der Waals surface area contributed by atoms with Gasteiger partial charge >= 0.3 is 0 Å². The fourth-order valence-electron chi connectivity index (χ4n) is 4.56. The molecule has 6 nitrogen and oxygen atoms in total. The second kappa shape index (κ2) is 10.2. The fourth-order valence-corrected chi connectivity index (χ4v) is 4.88. The number of halogens is 2. The highest BCUT2D eigenvalue weighted by molar-refractivity contribution is 6.42. The summed E-state index contributed by atoms with van der Waals surface area (Å²) in [5.41, 5.74) is 4.00. The van der Waals surface area contributed by atoms with Crippen molar-refractivity contribution < 1.29 is 24.4 Å². The third-order valence-corrected chi connectivity index (χ3v) is 6.97. The smallest absolute Gasteiger partial charge is 0.203 e. The third kappa shape index (κ3) is 4.85. The molecular formula is C26H27Cl2NO5. The molecular weight excluding hydrogens is 477 g/mol. The van der Waals surface area contributed by atoms with Gasteiger partial charge in [-0.3, -0.25) is 4.90 Å². The van der Waals surface area contributed by atoms with Crippen LogP contribution in [0, 0.1) is 0 Å². The minimum absolute atomic E-state index is 0.0764. The maximum absolute atomic E-state index is 10.3. The number of hydrogen-bond donors (Lipinski definition) is 2. The molecule has 0 aliphatic carbocycles. The van der Waals surface area contributed by atoms with E-state index in [-0.39, 0.29) is 17.5 Å². The van der Waals surface area contributed by atoms with Crippen LogP contribution < -0.4 is 14.2 Å². The average molecular weight is 504 g/mol. The Morgan fingerprint density at radius 3 is 2.15 bits per heavy atom. The van der Waals surface area contributed by atoms with Crippen molar-refractivity contribution >= 4 is 23.2 Å². The Hall–Kier alpha value is -2.80. The second-order valence-corrected chi connectivity index (χ2v) is 9.08. The van der Waals surface area contributed by atoms with Crippen LogP contribution in [0.5, 0.6) is 28.7 Å². The van der Waals surface area contributed by atoms with Crippen LogP contribution in [-0.4, -0.2) is 43.0 Å². The number of methoxy groups -OCH3 is 3. The van der Waals surface area contributed by atoms with E-state index in [1.807, 2.05) is 24.3 Å². The molecule has 1 aliphatic heterocycles. The van der Waals surface area contributed by atoms with Gasteiger partial charge in [-0.1, -0.05) is 29.3 Å². The van der Waals surface area contributed by atoms with E-state index < -0.39 is 0 Å². The molecule has 4 rings (SSSR count). The summed E-state index contributed by atoms with van der Waals surface area (Å²) in [5, 5.41) is 21.4. The molecule has 0 amide bonds. The van der Waals surface area contributed by atoms with Crippen molar-refractivity contribution in [3.8, 4) is 28.7 Å². The molecule has 1 heterocycles. The van der Waals surface area contributed by atoms with Crippen molar-refractivity contribution in [3.05, 3.63) is 74.8 Å². The molecule has 0 unspecified atom stereocenters. The van der Waals surface area contributed by atoms with E-state index >= 15 is 0 Å². The van der Waals surface area contributed by atoms with Crippen LogP contribution in [-0.2, 0) is 19.4 Å². The van der Waals surface area contributed by atoms with Gasteiger partial charge in [-0.15, -0.1) is 0 Å². The molecule has 3 aromatic rings. The van der Waals surface area contributed by atoms with Gasteiger partial charge in [0.25, 0.3) is 0 Å². The second-order valence-electron chi connectivity index (χ2n) is 8.26. The highest BCUT2D eigenvalue weighted by Gasteiger charge is 2.30. The first-order chi connectivity index (χ1) is 16.3. The SMILES string of the molecule is COc1cc(C[C@H]2c3cc(O)c(O)cc3CCN2Cc2ccc(Cl)c(Cl)c2)cc(OC)c1OC. The molecule has 0 saturated heterocycles. The number of nitrogens with zero attached hydrogens (tertiary/aromatic N) is 1. The van der Waals surface area contributed by atoms with E-state index in [9.17, 15) is 10.2 Å². The molecule has 2 N–H and O–H groups in total. The van der Waals surface area contributed by atoms with Gasteiger partial charge in [0, 0.05) is 19.1 Å². The van der Waals surface area contributed by atoms with Crippen LogP contribution in [0.4, 0.5) is 0 Å². The zero-order chi connectivity index (χ0) is 24.4. The summed E-state index contributed by atoms with van der Waals surface area (Å²) in [6.07, 6.45) is 1.37. The van der Waals surface area contributed by atoms with Crippen molar-refractivity contribution in [3.63, 3.8) is 0 Å². The van der Waals surface area contributed by atoms with Gasteiger partial charge in [0.05, 0.1) is 31.4 Å². The Labute approximate surface area is 209 Å². The number of fused-ring (bicyclic) bond motifs is 1. The van der Waals surface area contributed by atoms with Crippen LogP contribution in [0.2, 0.25) is 10.0 Å². The number of aromatic hydroxyl groups is 2. The van der Waals surface area contributed by atoms with E-state index in [1.54, 1.807) is 39.5 Å². The summed E-state index contributed by atoms with van der Waals surface area (Å²) in [7, 11) is 4.76. The van der Waals surface area contributed by atoms with Gasteiger partial charge in [-0.2, -0.15) is 0 Å². The number of rotatable bonds is 7.